The molecule has 0 radical (unpaired) electrons. The van der Waals surface area contributed by atoms with E-state index in [0.717, 1.165) is 0 Å². The maximum Gasteiger partial charge on any atom is 0.343 e. The number of pyridine rings is 1. The van der Waals surface area contributed by atoms with Gasteiger partial charge in [0.1, 0.15) is 5.56 Å². The fraction of sp³-hybridized carbons (Fsp3) is 0.250. The molecule has 0 fully saturated rings. The van der Waals surface area contributed by atoms with E-state index in [-0.39, 0.29) is 5.97 Å². The molecule has 1 aromatic heterocycles. The minimum atomic E-state index is -0.349. The fourth-order valence-corrected chi connectivity index (χ4v) is 0.874. The van der Waals surface area contributed by atoms with Crippen LogP contribution in [0.3, 0.4) is 0 Å². The fourth-order valence-electron chi connectivity index (χ4n) is 0.874. The smallest absolute Gasteiger partial charge is 0.343 e. The monoisotopic (exact) mass is 167 g/mol. The van der Waals surface area contributed by atoms with Gasteiger partial charge in [0.05, 0.1) is 7.11 Å². The first-order valence-electron chi connectivity index (χ1n) is 3.55. The highest BCUT2D eigenvalue weighted by atomic mass is 16.5. The van der Waals surface area contributed by atoms with Crippen molar-refractivity contribution in [1.29, 1.82) is 0 Å². The molecule has 1 aromatic rings. The zero-order valence-electron chi connectivity index (χ0n) is 6.86. The SMILES string of the molecule is COC(=O)c1ccc[n+](CN)c1. The second kappa shape index (κ2) is 3.82. The van der Waals surface area contributed by atoms with Crippen LogP contribution in [0.2, 0.25) is 0 Å². The molecule has 4 nitrogen and oxygen atoms in total. The summed E-state index contributed by atoms with van der Waals surface area (Å²) in [5.74, 6) is -0.349. The van der Waals surface area contributed by atoms with Crippen molar-refractivity contribution in [3.63, 3.8) is 0 Å². The predicted octanol–water partition coefficient (Wildman–Crippen LogP) is -0.323. The Morgan fingerprint density at radius 2 is 2.50 bits per heavy atom. The molecule has 1 rings (SSSR count). The molecule has 0 amide bonds. The Hall–Kier alpha value is -1.42. The number of methoxy groups -OCH3 is 1. The van der Waals surface area contributed by atoms with Crippen molar-refractivity contribution in [1.82, 2.24) is 0 Å². The van der Waals surface area contributed by atoms with Gasteiger partial charge in [0.2, 0.25) is 0 Å². The molecule has 0 aliphatic rings. The highest BCUT2D eigenvalue weighted by Gasteiger charge is 2.08. The summed E-state index contributed by atoms with van der Waals surface area (Å²) in [5, 5.41) is 0. The van der Waals surface area contributed by atoms with Crippen molar-refractivity contribution in [3.05, 3.63) is 30.1 Å². The molecule has 0 spiro atoms. The van der Waals surface area contributed by atoms with Crippen LogP contribution in [0.4, 0.5) is 0 Å². The van der Waals surface area contributed by atoms with Crippen LogP contribution in [0.25, 0.3) is 0 Å². The van der Waals surface area contributed by atoms with Gasteiger partial charge in [-0.05, 0) is 6.07 Å². The van der Waals surface area contributed by atoms with Crippen molar-refractivity contribution in [2.45, 2.75) is 6.67 Å². The Kier molecular flexibility index (Phi) is 2.76. The van der Waals surface area contributed by atoms with E-state index in [0.29, 0.717) is 12.2 Å². The molecule has 0 bridgehead atoms. The Morgan fingerprint density at radius 1 is 1.75 bits per heavy atom. The standard InChI is InChI=1S/C8H11N2O2/c1-12-8(11)7-3-2-4-10(5-7)6-9/h2-5H,6,9H2,1H3/q+1. The van der Waals surface area contributed by atoms with E-state index in [1.807, 2.05) is 0 Å². The van der Waals surface area contributed by atoms with Gasteiger partial charge in [-0.1, -0.05) is 0 Å². The van der Waals surface area contributed by atoms with Gasteiger partial charge >= 0.3 is 5.97 Å². The number of rotatable bonds is 2. The van der Waals surface area contributed by atoms with E-state index in [2.05, 4.69) is 4.74 Å². The van der Waals surface area contributed by atoms with Gasteiger partial charge in [-0.15, -0.1) is 0 Å². The lowest BCUT2D eigenvalue weighted by atomic mass is 10.3. The summed E-state index contributed by atoms with van der Waals surface area (Å²) in [5.41, 5.74) is 5.88. The van der Waals surface area contributed by atoms with Gasteiger partial charge in [-0.3, -0.25) is 5.73 Å². The Bertz CT molecular complexity index is 286. The second-order valence-electron chi connectivity index (χ2n) is 2.28. The molecule has 0 aliphatic heterocycles. The molecule has 0 saturated heterocycles. The maximum atomic E-state index is 11.0. The Balaban J connectivity index is 2.93. The highest BCUT2D eigenvalue weighted by molar-refractivity contribution is 5.88. The van der Waals surface area contributed by atoms with Crippen molar-refractivity contribution in [2.75, 3.05) is 7.11 Å². The van der Waals surface area contributed by atoms with Crippen molar-refractivity contribution in [3.8, 4) is 0 Å². The van der Waals surface area contributed by atoms with Crippen molar-refractivity contribution < 1.29 is 14.1 Å². The molecule has 0 unspecified atom stereocenters. The van der Waals surface area contributed by atoms with E-state index in [4.69, 9.17) is 5.73 Å². The molecule has 12 heavy (non-hydrogen) atoms. The number of ether oxygens (including phenoxy) is 1. The second-order valence-corrected chi connectivity index (χ2v) is 2.28. The van der Waals surface area contributed by atoms with E-state index in [1.54, 1.807) is 29.1 Å². The molecule has 0 aromatic carbocycles. The lowest BCUT2D eigenvalue weighted by Gasteiger charge is -1.96. The first-order chi connectivity index (χ1) is 5.77. The van der Waals surface area contributed by atoms with Crippen LogP contribution in [0, 0.1) is 0 Å². The molecule has 1 heterocycles. The van der Waals surface area contributed by atoms with Gasteiger partial charge in [-0.2, -0.15) is 4.57 Å². The Labute approximate surface area is 70.6 Å². The zero-order chi connectivity index (χ0) is 8.97. The lowest BCUT2D eigenvalue weighted by Crippen LogP contribution is -2.38. The molecule has 2 N–H and O–H groups in total. The molecular weight excluding hydrogens is 156 g/mol. The summed E-state index contributed by atoms with van der Waals surface area (Å²) in [6, 6.07) is 3.43. The number of hydrogen-bond donors (Lipinski definition) is 1. The first kappa shape index (κ1) is 8.67. The van der Waals surface area contributed by atoms with Crippen molar-refractivity contribution in [2.24, 2.45) is 5.73 Å². The van der Waals surface area contributed by atoms with Crippen LogP contribution < -0.4 is 10.3 Å². The molecule has 64 valence electrons. The van der Waals surface area contributed by atoms with E-state index in [9.17, 15) is 4.79 Å². The number of nitrogens with zero attached hydrogens (tertiary/aromatic N) is 1. The largest absolute Gasteiger partial charge is 0.465 e. The summed E-state index contributed by atoms with van der Waals surface area (Å²) < 4.78 is 6.24. The van der Waals surface area contributed by atoms with E-state index < -0.39 is 0 Å². The third-order valence-corrected chi connectivity index (χ3v) is 1.49. The highest BCUT2D eigenvalue weighted by Crippen LogP contribution is 1.95. The van der Waals surface area contributed by atoms with Crippen LogP contribution in [-0.2, 0) is 11.4 Å². The van der Waals surface area contributed by atoms with Crippen LogP contribution >= 0.6 is 0 Å². The minimum absolute atomic E-state index is 0.349. The van der Waals surface area contributed by atoms with Gasteiger partial charge in [0, 0.05) is 6.07 Å². The van der Waals surface area contributed by atoms with E-state index in [1.165, 1.54) is 7.11 Å². The molecular formula is C8H11N2O2+. The predicted molar refractivity (Wildman–Crippen MR) is 42.2 cm³/mol. The molecule has 0 saturated carbocycles. The number of carbonyl (C=O) groups excluding carboxylic acids is 1. The normalized spacial score (nSPS) is 9.50. The number of carbonyl (C=O) groups is 1. The van der Waals surface area contributed by atoms with Crippen LogP contribution in [-0.4, -0.2) is 13.1 Å². The molecule has 0 atom stereocenters. The van der Waals surface area contributed by atoms with Crippen LogP contribution in [0.15, 0.2) is 24.5 Å². The third kappa shape index (κ3) is 1.79. The number of hydrogen-bond acceptors (Lipinski definition) is 3. The third-order valence-electron chi connectivity index (χ3n) is 1.49. The topological polar surface area (TPSA) is 56.2 Å². The summed E-state index contributed by atoms with van der Waals surface area (Å²) in [7, 11) is 1.35. The summed E-state index contributed by atoms with van der Waals surface area (Å²) in [4.78, 5) is 11.0. The maximum absolute atomic E-state index is 11.0. The number of nitrogens with two attached hydrogens (primary N) is 1. The first-order valence-corrected chi connectivity index (χ1v) is 3.55. The van der Waals surface area contributed by atoms with Gasteiger partial charge in [0.15, 0.2) is 19.1 Å². The zero-order valence-corrected chi connectivity index (χ0v) is 6.86. The molecule has 0 aliphatic carbocycles. The van der Waals surface area contributed by atoms with Gasteiger partial charge < -0.3 is 4.74 Å². The number of esters is 1. The quantitative estimate of drug-likeness (QED) is 0.485. The summed E-state index contributed by atoms with van der Waals surface area (Å²) in [6.45, 7) is 0.352. The van der Waals surface area contributed by atoms with Gasteiger partial charge in [-0.25, -0.2) is 4.79 Å². The summed E-state index contributed by atoms with van der Waals surface area (Å²) in [6.07, 6.45) is 3.43. The average molecular weight is 167 g/mol. The van der Waals surface area contributed by atoms with Gasteiger partial charge in [0.25, 0.3) is 0 Å². The van der Waals surface area contributed by atoms with Crippen LogP contribution in [0.1, 0.15) is 10.4 Å². The average Bonchev–Trinajstić information content (AvgIpc) is 2.17. The molecule has 4 heteroatoms. The Morgan fingerprint density at radius 3 is 3.08 bits per heavy atom. The van der Waals surface area contributed by atoms with E-state index >= 15 is 0 Å². The minimum Gasteiger partial charge on any atom is -0.465 e. The number of aromatic nitrogens is 1. The summed E-state index contributed by atoms with van der Waals surface area (Å²) >= 11 is 0. The lowest BCUT2D eigenvalue weighted by molar-refractivity contribution is -0.696. The van der Waals surface area contributed by atoms with Crippen molar-refractivity contribution >= 4 is 5.97 Å². The van der Waals surface area contributed by atoms with Crippen LogP contribution in [0.5, 0.6) is 0 Å².